The van der Waals surface area contributed by atoms with E-state index in [4.69, 9.17) is 5.73 Å². The van der Waals surface area contributed by atoms with Gasteiger partial charge in [-0.2, -0.15) is 13.2 Å². The molecule has 0 fully saturated rings. The van der Waals surface area contributed by atoms with Crippen molar-refractivity contribution in [3.05, 3.63) is 35.4 Å². The summed E-state index contributed by atoms with van der Waals surface area (Å²) in [5.74, 6) is -0.284. The molecule has 0 radical (unpaired) electrons. The van der Waals surface area contributed by atoms with E-state index in [9.17, 15) is 18.0 Å². The molecule has 21 heavy (non-hydrogen) atoms. The van der Waals surface area contributed by atoms with Gasteiger partial charge in [-0.25, -0.2) is 0 Å². The predicted octanol–water partition coefficient (Wildman–Crippen LogP) is 3.15. The van der Waals surface area contributed by atoms with Gasteiger partial charge in [0.05, 0.1) is 5.56 Å². The van der Waals surface area contributed by atoms with Gasteiger partial charge in [-0.15, -0.1) is 0 Å². The molecule has 3 nitrogen and oxygen atoms in total. The first-order chi connectivity index (χ1) is 9.60. The molecule has 0 aliphatic heterocycles. The third-order valence-corrected chi connectivity index (χ3v) is 3.30. The number of halogens is 3. The van der Waals surface area contributed by atoms with Crippen molar-refractivity contribution < 1.29 is 18.0 Å². The normalized spacial score (nSPS) is 12.3. The second-order valence-electron chi connectivity index (χ2n) is 5.76. The number of carbonyl (C=O) groups is 1. The topological polar surface area (TPSA) is 46.3 Å². The summed E-state index contributed by atoms with van der Waals surface area (Å²) in [5.41, 5.74) is 4.90. The summed E-state index contributed by atoms with van der Waals surface area (Å²) < 4.78 is 37.5. The van der Waals surface area contributed by atoms with Crippen molar-refractivity contribution in [1.82, 2.24) is 4.90 Å². The summed E-state index contributed by atoms with van der Waals surface area (Å²) in [6.45, 7) is 7.06. The van der Waals surface area contributed by atoms with Crippen molar-refractivity contribution in [3.8, 4) is 0 Å². The van der Waals surface area contributed by atoms with E-state index >= 15 is 0 Å². The molecule has 1 amide bonds. The highest BCUT2D eigenvalue weighted by Gasteiger charge is 2.30. The molecule has 6 heteroatoms. The summed E-state index contributed by atoms with van der Waals surface area (Å²) >= 11 is 0. The average Bonchev–Trinajstić information content (AvgIpc) is 2.43. The Hall–Kier alpha value is -1.56. The van der Waals surface area contributed by atoms with Crippen LogP contribution in [-0.2, 0) is 6.18 Å². The zero-order chi connectivity index (χ0) is 16.3. The summed E-state index contributed by atoms with van der Waals surface area (Å²) in [6, 6.07) is 4.27. The fraction of sp³-hybridized carbons (Fsp3) is 0.533. The van der Waals surface area contributed by atoms with Crippen molar-refractivity contribution in [2.24, 2.45) is 11.1 Å². The van der Waals surface area contributed by atoms with E-state index in [1.54, 1.807) is 4.90 Å². The summed E-state index contributed by atoms with van der Waals surface area (Å²) in [6.07, 6.45) is -4.40. The van der Waals surface area contributed by atoms with Gasteiger partial charge >= 0.3 is 6.18 Å². The van der Waals surface area contributed by atoms with E-state index < -0.39 is 11.7 Å². The summed E-state index contributed by atoms with van der Waals surface area (Å²) in [7, 11) is 0. The molecule has 0 spiro atoms. The Morgan fingerprint density at radius 3 is 2.10 bits per heavy atom. The lowest BCUT2D eigenvalue weighted by Gasteiger charge is -2.31. The monoisotopic (exact) mass is 302 g/mol. The lowest BCUT2D eigenvalue weighted by Crippen LogP contribution is -2.42. The van der Waals surface area contributed by atoms with Crippen molar-refractivity contribution in [3.63, 3.8) is 0 Å². The van der Waals surface area contributed by atoms with Crippen LogP contribution < -0.4 is 5.73 Å². The van der Waals surface area contributed by atoms with Crippen LogP contribution in [-0.4, -0.2) is 30.4 Å². The van der Waals surface area contributed by atoms with E-state index in [0.717, 1.165) is 12.1 Å². The maximum atomic E-state index is 12.5. The zero-order valence-corrected chi connectivity index (χ0v) is 12.5. The maximum Gasteiger partial charge on any atom is 0.416 e. The first-order valence-electron chi connectivity index (χ1n) is 6.77. The molecule has 118 valence electrons. The number of hydrogen-bond donors (Lipinski definition) is 1. The highest BCUT2D eigenvalue weighted by atomic mass is 19.4. The first kappa shape index (κ1) is 17.5. The third-order valence-electron chi connectivity index (χ3n) is 3.30. The van der Waals surface area contributed by atoms with Crippen molar-refractivity contribution in [2.45, 2.75) is 26.9 Å². The summed E-state index contributed by atoms with van der Waals surface area (Å²) in [4.78, 5) is 13.9. The van der Waals surface area contributed by atoms with Gasteiger partial charge in [-0.3, -0.25) is 4.79 Å². The molecule has 2 N–H and O–H groups in total. The van der Waals surface area contributed by atoms with Crippen LogP contribution in [0.1, 0.15) is 36.7 Å². The van der Waals surface area contributed by atoms with E-state index in [2.05, 4.69) is 0 Å². The second-order valence-corrected chi connectivity index (χ2v) is 5.76. The molecular weight excluding hydrogens is 281 g/mol. The number of hydrogen-bond acceptors (Lipinski definition) is 2. The fourth-order valence-electron chi connectivity index (χ4n) is 1.89. The third kappa shape index (κ3) is 4.74. The van der Waals surface area contributed by atoms with Crippen LogP contribution in [0.2, 0.25) is 0 Å². The lowest BCUT2D eigenvalue weighted by molar-refractivity contribution is -0.137. The number of nitrogens with zero attached hydrogens (tertiary/aromatic N) is 1. The van der Waals surface area contributed by atoms with Gasteiger partial charge in [-0.1, -0.05) is 13.8 Å². The minimum Gasteiger partial charge on any atom is -0.338 e. The van der Waals surface area contributed by atoms with Crippen LogP contribution >= 0.6 is 0 Å². The number of amides is 1. The number of alkyl halides is 3. The van der Waals surface area contributed by atoms with E-state index in [0.29, 0.717) is 19.6 Å². The molecule has 1 rings (SSSR count). The first-order valence-corrected chi connectivity index (χ1v) is 6.77. The number of rotatable bonds is 5. The molecule has 0 saturated carbocycles. The van der Waals surface area contributed by atoms with E-state index in [1.807, 2.05) is 20.8 Å². The van der Waals surface area contributed by atoms with Crippen LogP contribution in [0.5, 0.6) is 0 Å². The van der Waals surface area contributed by atoms with Gasteiger partial charge in [0.2, 0.25) is 0 Å². The van der Waals surface area contributed by atoms with Crippen LogP contribution in [0.25, 0.3) is 0 Å². The SMILES string of the molecule is CCN(CC(C)(C)CN)C(=O)c1ccc(C(F)(F)F)cc1. The largest absolute Gasteiger partial charge is 0.416 e. The molecule has 0 unspecified atom stereocenters. The van der Waals surface area contributed by atoms with Crippen LogP contribution in [0.4, 0.5) is 13.2 Å². The second kappa shape index (κ2) is 6.47. The van der Waals surface area contributed by atoms with E-state index in [-0.39, 0.29) is 16.9 Å². The molecule has 0 heterocycles. The predicted molar refractivity (Wildman–Crippen MR) is 75.9 cm³/mol. The molecule has 0 aromatic heterocycles. The standard InChI is InChI=1S/C15H21F3N2O/c1-4-20(10-14(2,3)9-19)13(21)11-5-7-12(8-6-11)15(16,17)18/h5-8H,4,9-10,19H2,1-3H3. The summed E-state index contributed by atoms with van der Waals surface area (Å²) in [5, 5.41) is 0. The van der Waals surface area contributed by atoms with Gasteiger partial charge < -0.3 is 10.6 Å². The minimum absolute atomic E-state index is 0.239. The number of carbonyl (C=O) groups excluding carboxylic acids is 1. The Morgan fingerprint density at radius 2 is 1.71 bits per heavy atom. The Morgan fingerprint density at radius 1 is 1.19 bits per heavy atom. The number of benzene rings is 1. The van der Waals surface area contributed by atoms with Gasteiger partial charge in [-0.05, 0) is 43.1 Å². The Bertz CT molecular complexity index is 481. The molecule has 0 bridgehead atoms. The quantitative estimate of drug-likeness (QED) is 0.908. The Balaban J connectivity index is 2.91. The van der Waals surface area contributed by atoms with Crippen molar-refractivity contribution >= 4 is 5.91 Å². The van der Waals surface area contributed by atoms with E-state index in [1.165, 1.54) is 12.1 Å². The van der Waals surface area contributed by atoms with Gasteiger partial charge in [0, 0.05) is 18.7 Å². The van der Waals surface area contributed by atoms with Crippen molar-refractivity contribution in [1.29, 1.82) is 0 Å². The number of nitrogens with two attached hydrogens (primary N) is 1. The van der Waals surface area contributed by atoms with Gasteiger partial charge in [0.25, 0.3) is 5.91 Å². The molecule has 0 aliphatic rings. The van der Waals surface area contributed by atoms with Crippen molar-refractivity contribution in [2.75, 3.05) is 19.6 Å². The molecule has 1 aromatic carbocycles. The zero-order valence-electron chi connectivity index (χ0n) is 12.5. The van der Waals surface area contributed by atoms with Crippen LogP contribution in [0.3, 0.4) is 0 Å². The molecule has 1 aromatic rings. The maximum absolute atomic E-state index is 12.5. The molecule has 0 atom stereocenters. The van der Waals surface area contributed by atoms with Gasteiger partial charge in [0.1, 0.15) is 0 Å². The van der Waals surface area contributed by atoms with Crippen LogP contribution in [0.15, 0.2) is 24.3 Å². The molecule has 0 saturated heterocycles. The lowest BCUT2D eigenvalue weighted by atomic mass is 9.93. The fourth-order valence-corrected chi connectivity index (χ4v) is 1.89. The minimum atomic E-state index is -4.40. The van der Waals surface area contributed by atoms with Gasteiger partial charge in [0.15, 0.2) is 0 Å². The van der Waals surface area contributed by atoms with Crippen LogP contribution in [0, 0.1) is 5.41 Å². The Labute approximate surface area is 122 Å². The molecular formula is C15H21F3N2O. The molecule has 0 aliphatic carbocycles. The smallest absolute Gasteiger partial charge is 0.338 e. The highest BCUT2D eigenvalue weighted by molar-refractivity contribution is 5.94. The average molecular weight is 302 g/mol. The highest BCUT2D eigenvalue weighted by Crippen LogP contribution is 2.29. The Kier molecular flexibility index (Phi) is 5.39.